The molecule has 0 aliphatic carbocycles. The summed E-state index contributed by atoms with van der Waals surface area (Å²) in [6, 6.07) is 5.69. The minimum Gasteiger partial charge on any atom is -0.493 e. The number of benzene rings is 1. The molecule has 1 N–H and O–H groups in total. The second kappa shape index (κ2) is 14.3. The maximum absolute atomic E-state index is 13.7. The van der Waals surface area contributed by atoms with Crippen LogP contribution in [0, 0.1) is 5.92 Å². The third-order valence-corrected chi connectivity index (χ3v) is 8.43. The molecule has 2 amide bonds. The molecule has 0 bridgehead atoms. The van der Waals surface area contributed by atoms with Crippen molar-refractivity contribution in [1.29, 1.82) is 0 Å². The van der Waals surface area contributed by atoms with Gasteiger partial charge in [-0.25, -0.2) is 0 Å². The maximum Gasteiger partial charge on any atom is 0.308 e. The van der Waals surface area contributed by atoms with Gasteiger partial charge in [-0.05, 0) is 37.0 Å². The number of rotatable bonds is 15. The van der Waals surface area contributed by atoms with E-state index in [2.05, 4.69) is 39.0 Å². The number of likely N-dealkylation sites (tertiary alicyclic amines) is 1. The molecule has 1 saturated heterocycles. The van der Waals surface area contributed by atoms with Gasteiger partial charge in [0.05, 0.1) is 46.8 Å². The summed E-state index contributed by atoms with van der Waals surface area (Å²) in [5, 5.41) is 10.5. The molecule has 1 fully saturated rings. The molecule has 2 aliphatic heterocycles. The van der Waals surface area contributed by atoms with E-state index in [9.17, 15) is 19.5 Å². The Labute approximate surface area is 240 Å². The molecule has 3 atom stereocenters. The molecule has 1 aromatic rings. The van der Waals surface area contributed by atoms with Gasteiger partial charge in [0.2, 0.25) is 11.8 Å². The number of aliphatic carboxylic acids is 1. The Bertz CT molecular complexity index is 1020. The highest BCUT2D eigenvalue weighted by Crippen LogP contribution is 2.41. The van der Waals surface area contributed by atoms with Crippen LogP contribution < -0.4 is 4.74 Å². The summed E-state index contributed by atoms with van der Waals surface area (Å²) in [4.78, 5) is 44.5. The number of fused-ring (bicyclic) bond motifs is 1. The van der Waals surface area contributed by atoms with E-state index in [1.54, 1.807) is 11.8 Å². The second-order valence-corrected chi connectivity index (χ2v) is 12.4. The van der Waals surface area contributed by atoms with Crippen LogP contribution in [0.25, 0.3) is 0 Å². The molecule has 0 radical (unpaired) electrons. The highest BCUT2D eigenvalue weighted by Gasteiger charge is 2.47. The van der Waals surface area contributed by atoms with Gasteiger partial charge in [-0.2, -0.15) is 0 Å². The Balaban J connectivity index is 1.85. The lowest BCUT2D eigenvalue weighted by Crippen LogP contribution is -2.46. The zero-order valence-electron chi connectivity index (χ0n) is 25.5. The lowest BCUT2D eigenvalue weighted by molar-refractivity contribution is -0.870. The number of unbranched alkanes of at least 4 members (excludes halogenated alkanes) is 1. The molecule has 9 nitrogen and oxygen atoms in total. The van der Waals surface area contributed by atoms with E-state index >= 15 is 0 Å². The fraction of sp³-hybridized carbons (Fsp3) is 0.710. The summed E-state index contributed by atoms with van der Waals surface area (Å²) in [6.45, 7) is 10.4. The molecule has 1 aromatic carbocycles. The highest BCUT2D eigenvalue weighted by atomic mass is 16.5. The number of carboxylic acid groups (broad SMARTS) is 1. The quantitative estimate of drug-likeness (QED) is 0.332. The van der Waals surface area contributed by atoms with Crippen molar-refractivity contribution in [3.8, 4) is 5.75 Å². The summed E-state index contributed by atoms with van der Waals surface area (Å²) < 4.78 is 6.53. The zero-order valence-corrected chi connectivity index (χ0v) is 25.5. The predicted octanol–water partition coefficient (Wildman–Crippen LogP) is 3.07. The highest BCUT2D eigenvalue weighted by molar-refractivity contribution is 5.79. The van der Waals surface area contributed by atoms with Crippen LogP contribution in [0.1, 0.15) is 63.5 Å². The Kier molecular flexibility index (Phi) is 11.4. The first-order chi connectivity index (χ1) is 18.9. The second-order valence-electron chi connectivity index (χ2n) is 12.4. The standard InChI is InChI=1S/C31H50N4O5/c1-7-9-15-33(16-10-18-35(4,5)6)29(37)22-34-21-26(24-11-12-28-25(20-24)14-19-40-28)30(31(38)39)27(34)13-17-32(8-2)23(3)36/h11-12,20,26-27,30H,7-10,13-19,21-22H2,1-6H3/p+1/t26-,27+,30-/m1/s1. The van der Waals surface area contributed by atoms with Gasteiger partial charge in [0.1, 0.15) is 5.75 Å². The van der Waals surface area contributed by atoms with E-state index in [0.29, 0.717) is 39.2 Å². The van der Waals surface area contributed by atoms with Crippen LogP contribution in [0.3, 0.4) is 0 Å². The van der Waals surface area contributed by atoms with E-state index in [-0.39, 0.29) is 30.3 Å². The number of ether oxygens (including phenoxy) is 1. The summed E-state index contributed by atoms with van der Waals surface area (Å²) in [5.41, 5.74) is 2.10. The lowest BCUT2D eigenvalue weighted by atomic mass is 9.83. The van der Waals surface area contributed by atoms with Gasteiger partial charge >= 0.3 is 5.97 Å². The summed E-state index contributed by atoms with van der Waals surface area (Å²) in [5.74, 6) is -0.841. The largest absolute Gasteiger partial charge is 0.493 e. The molecule has 0 unspecified atom stereocenters. The molecule has 40 heavy (non-hydrogen) atoms. The fourth-order valence-electron chi connectivity index (χ4n) is 6.17. The van der Waals surface area contributed by atoms with Crippen LogP contribution in [0.4, 0.5) is 0 Å². The number of hydrogen-bond donors (Lipinski definition) is 1. The number of hydrogen-bond acceptors (Lipinski definition) is 5. The number of amides is 2. The first kappa shape index (κ1) is 31.9. The van der Waals surface area contributed by atoms with Gasteiger partial charge in [-0.1, -0.05) is 25.5 Å². The summed E-state index contributed by atoms with van der Waals surface area (Å²) >= 11 is 0. The van der Waals surface area contributed by atoms with Crippen molar-refractivity contribution in [1.82, 2.24) is 14.7 Å². The van der Waals surface area contributed by atoms with Gasteiger partial charge in [0, 0.05) is 64.4 Å². The topological polar surface area (TPSA) is 90.4 Å². The van der Waals surface area contributed by atoms with Crippen LogP contribution in [0.15, 0.2) is 18.2 Å². The summed E-state index contributed by atoms with van der Waals surface area (Å²) in [6.07, 6.45) is 4.21. The van der Waals surface area contributed by atoms with E-state index in [0.717, 1.165) is 60.1 Å². The fourth-order valence-corrected chi connectivity index (χ4v) is 6.17. The van der Waals surface area contributed by atoms with Gasteiger partial charge in [-0.3, -0.25) is 19.3 Å². The van der Waals surface area contributed by atoms with Crippen molar-refractivity contribution in [2.45, 2.75) is 64.8 Å². The van der Waals surface area contributed by atoms with Crippen LogP contribution in [0.2, 0.25) is 0 Å². The lowest BCUT2D eigenvalue weighted by Gasteiger charge is -2.31. The van der Waals surface area contributed by atoms with Gasteiger partial charge in [0.15, 0.2) is 0 Å². The molecule has 224 valence electrons. The number of carbonyl (C=O) groups is 3. The normalized spacial score (nSPS) is 20.7. The first-order valence-corrected chi connectivity index (χ1v) is 15.0. The first-order valence-electron chi connectivity index (χ1n) is 15.0. The van der Waals surface area contributed by atoms with Crippen LogP contribution in [-0.4, -0.2) is 122 Å². The average molecular weight is 560 g/mol. The number of carboxylic acids is 1. The smallest absolute Gasteiger partial charge is 0.308 e. The summed E-state index contributed by atoms with van der Waals surface area (Å²) in [7, 11) is 6.47. The van der Waals surface area contributed by atoms with Crippen molar-refractivity contribution in [2.24, 2.45) is 5.92 Å². The van der Waals surface area contributed by atoms with Gasteiger partial charge in [0.25, 0.3) is 0 Å². The van der Waals surface area contributed by atoms with E-state index < -0.39 is 11.9 Å². The number of nitrogens with zero attached hydrogens (tertiary/aromatic N) is 4. The maximum atomic E-state index is 13.7. The SMILES string of the molecule is CCCCN(CCC[N+](C)(C)C)C(=O)CN1C[C@H](c2ccc3c(c2)CCO3)[C@@H](C(=O)O)[C@@H]1CCN(CC)C(C)=O. The van der Waals surface area contributed by atoms with Crippen molar-refractivity contribution >= 4 is 17.8 Å². The van der Waals surface area contributed by atoms with Crippen molar-refractivity contribution in [2.75, 3.05) is 73.6 Å². The number of quaternary nitrogens is 1. The van der Waals surface area contributed by atoms with Crippen molar-refractivity contribution in [3.05, 3.63) is 29.3 Å². The van der Waals surface area contributed by atoms with Crippen LogP contribution >= 0.6 is 0 Å². The van der Waals surface area contributed by atoms with E-state index in [1.807, 2.05) is 24.0 Å². The Hall–Kier alpha value is -2.65. The minimum absolute atomic E-state index is 0.0202. The molecule has 9 heteroatoms. The molecule has 0 aromatic heterocycles. The van der Waals surface area contributed by atoms with Crippen molar-refractivity contribution < 1.29 is 28.7 Å². The zero-order chi connectivity index (χ0) is 29.4. The third-order valence-electron chi connectivity index (χ3n) is 8.43. The number of carbonyl (C=O) groups excluding carboxylic acids is 2. The Morgan fingerprint density at radius 1 is 1.07 bits per heavy atom. The van der Waals surface area contributed by atoms with Crippen LogP contribution in [-0.2, 0) is 20.8 Å². The Morgan fingerprint density at radius 2 is 1.80 bits per heavy atom. The minimum atomic E-state index is -0.849. The molecular weight excluding hydrogens is 508 g/mol. The monoisotopic (exact) mass is 559 g/mol. The molecule has 0 saturated carbocycles. The average Bonchev–Trinajstić information content (AvgIpc) is 3.49. The van der Waals surface area contributed by atoms with Crippen molar-refractivity contribution in [3.63, 3.8) is 0 Å². The van der Waals surface area contributed by atoms with E-state index in [1.165, 1.54) is 0 Å². The van der Waals surface area contributed by atoms with Gasteiger partial charge in [-0.15, -0.1) is 0 Å². The third kappa shape index (κ3) is 8.43. The predicted molar refractivity (Wildman–Crippen MR) is 156 cm³/mol. The molecule has 2 aliphatic rings. The van der Waals surface area contributed by atoms with Crippen LogP contribution in [0.5, 0.6) is 5.75 Å². The molecule has 2 heterocycles. The Morgan fingerprint density at radius 3 is 2.42 bits per heavy atom. The van der Waals surface area contributed by atoms with E-state index in [4.69, 9.17) is 4.74 Å². The molecular formula is C31H51N4O5+. The molecule has 0 spiro atoms. The van der Waals surface area contributed by atoms with Gasteiger partial charge < -0.3 is 24.1 Å². The molecule has 3 rings (SSSR count).